The van der Waals surface area contributed by atoms with E-state index in [0.717, 1.165) is 11.4 Å². The molecule has 0 bridgehead atoms. The Bertz CT molecular complexity index is 983. The first-order valence-corrected chi connectivity index (χ1v) is 8.60. The summed E-state index contributed by atoms with van der Waals surface area (Å²) in [5.41, 5.74) is 2.97. The molecule has 3 N–H and O–H groups in total. The lowest BCUT2D eigenvalue weighted by Gasteiger charge is -2.08. The topological polar surface area (TPSA) is 95.6 Å². The number of rotatable bonds is 4. The number of imidazole rings is 1. The summed E-state index contributed by atoms with van der Waals surface area (Å²) in [7, 11) is 0. The number of benzene rings is 1. The molecule has 2 heterocycles. The number of carbonyl (C=O) groups excluding carboxylic acids is 1. The molecular formula is C17H18BrN5O2. The van der Waals surface area contributed by atoms with Crippen LogP contribution in [0.4, 0.5) is 5.69 Å². The molecule has 2 aromatic heterocycles. The molecule has 0 unspecified atom stereocenters. The van der Waals surface area contributed by atoms with Gasteiger partial charge in [-0.25, -0.2) is 4.79 Å². The fourth-order valence-corrected chi connectivity index (χ4v) is 3.38. The van der Waals surface area contributed by atoms with Gasteiger partial charge in [-0.2, -0.15) is 5.10 Å². The first-order chi connectivity index (χ1) is 11.9. The lowest BCUT2D eigenvalue weighted by molar-refractivity contribution is 0.102. The number of aryl methyl sites for hydroxylation is 1. The van der Waals surface area contributed by atoms with Crippen molar-refractivity contribution in [2.45, 2.75) is 26.7 Å². The molecule has 1 aromatic carbocycles. The summed E-state index contributed by atoms with van der Waals surface area (Å²) in [4.78, 5) is 27.1. The third-order valence-electron chi connectivity index (χ3n) is 3.85. The van der Waals surface area contributed by atoms with Gasteiger partial charge in [-0.3, -0.25) is 14.5 Å². The number of anilines is 1. The number of hydrogen-bond acceptors (Lipinski definition) is 3. The highest BCUT2D eigenvalue weighted by Crippen LogP contribution is 2.26. The summed E-state index contributed by atoms with van der Waals surface area (Å²) in [5.74, 6) is -0.111. The van der Waals surface area contributed by atoms with E-state index in [2.05, 4.69) is 36.4 Å². The lowest BCUT2D eigenvalue weighted by Crippen LogP contribution is -2.17. The highest BCUT2D eigenvalue weighted by atomic mass is 79.9. The quantitative estimate of drug-likeness (QED) is 0.623. The SMILES string of the molecule is Cc1c[nH]c(=O)n1-c1cccc(NC(=O)c2n[nH]c(C(C)C)c2Br)c1. The molecule has 0 saturated carbocycles. The van der Waals surface area contributed by atoms with Crippen LogP contribution in [0.2, 0.25) is 0 Å². The first kappa shape index (κ1) is 17.2. The Hall–Kier alpha value is -2.61. The van der Waals surface area contributed by atoms with E-state index in [0.29, 0.717) is 21.5 Å². The Labute approximate surface area is 152 Å². The van der Waals surface area contributed by atoms with Crippen molar-refractivity contribution in [2.24, 2.45) is 0 Å². The second-order valence-electron chi connectivity index (χ2n) is 6.03. The van der Waals surface area contributed by atoms with Gasteiger partial charge in [-0.05, 0) is 47.0 Å². The molecule has 3 rings (SSSR count). The number of amides is 1. The molecule has 25 heavy (non-hydrogen) atoms. The minimum Gasteiger partial charge on any atom is -0.320 e. The van der Waals surface area contributed by atoms with Crippen molar-refractivity contribution in [3.8, 4) is 5.69 Å². The first-order valence-electron chi connectivity index (χ1n) is 7.81. The normalized spacial score (nSPS) is 11.1. The number of hydrogen-bond donors (Lipinski definition) is 3. The Kier molecular flexibility index (Phi) is 4.63. The lowest BCUT2D eigenvalue weighted by atomic mass is 10.1. The van der Waals surface area contributed by atoms with Gasteiger partial charge < -0.3 is 10.3 Å². The maximum Gasteiger partial charge on any atom is 0.330 e. The fourth-order valence-electron chi connectivity index (χ4n) is 2.56. The van der Waals surface area contributed by atoms with E-state index in [1.807, 2.05) is 20.8 Å². The highest BCUT2D eigenvalue weighted by molar-refractivity contribution is 9.10. The van der Waals surface area contributed by atoms with Crippen LogP contribution >= 0.6 is 15.9 Å². The number of carbonyl (C=O) groups is 1. The smallest absolute Gasteiger partial charge is 0.320 e. The zero-order valence-corrected chi connectivity index (χ0v) is 15.6. The summed E-state index contributed by atoms with van der Waals surface area (Å²) in [5, 5.41) is 9.79. The number of nitrogens with zero attached hydrogens (tertiary/aromatic N) is 2. The van der Waals surface area contributed by atoms with Crippen LogP contribution < -0.4 is 11.0 Å². The third-order valence-corrected chi connectivity index (χ3v) is 4.65. The zero-order valence-electron chi connectivity index (χ0n) is 14.1. The Morgan fingerprint density at radius 2 is 2.12 bits per heavy atom. The molecule has 0 radical (unpaired) electrons. The summed E-state index contributed by atoms with van der Waals surface area (Å²) < 4.78 is 2.20. The number of aromatic amines is 2. The summed E-state index contributed by atoms with van der Waals surface area (Å²) in [6.07, 6.45) is 1.64. The summed E-state index contributed by atoms with van der Waals surface area (Å²) in [6, 6.07) is 7.09. The van der Waals surface area contributed by atoms with E-state index in [1.165, 1.54) is 4.57 Å². The van der Waals surface area contributed by atoms with Crippen LogP contribution in [0.25, 0.3) is 5.69 Å². The van der Waals surface area contributed by atoms with Crippen molar-refractivity contribution < 1.29 is 4.79 Å². The van der Waals surface area contributed by atoms with Gasteiger partial charge in [0.05, 0.1) is 15.9 Å². The fraction of sp³-hybridized carbons (Fsp3) is 0.235. The molecule has 0 spiro atoms. The Morgan fingerprint density at radius 3 is 2.72 bits per heavy atom. The van der Waals surface area contributed by atoms with Gasteiger partial charge in [0.2, 0.25) is 0 Å². The molecule has 0 aliphatic carbocycles. The van der Waals surface area contributed by atoms with E-state index in [9.17, 15) is 9.59 Å². The molecule has 0 fully saturated rings. The maximum atomic E-state index is 12.5. The third kappa shape index (κ3) is 3.30. The van der Waals surface area contributed by atoms with Crippen molar-refractivity contribution in [1.29, 1.82) is 0 Å². The van der Waals surface area contributed by atoms with E-state index in [4.69, 9.17) is 0 Å². The minimum absolute atomic E-state index is 0.218. The molecule has 7 nitrogen and oxygen atoms in total. The average molecular weight is 404 g/mol. The van der Waals surface area contributed by atoms with Gasteiger partial charge in [0.1, 0.15) is 0 Å². The van der Waals surface area contributed by atoms with Crippen molar-refractivity contribution in [2.75, 3.05) is 5.32 Å². The van der Waals surface area contributed by atoms with E-state index >= 15 is 0 Å². The molecule has 1 amide bonds. The molecule has 0 aliphatic rings. The molecule has 3 aromatic rings. The van der Waals surface area contributed by atoms with Crippen LogP contribution in [-0.2, 0) is 0 Å². The van der Waals surface area contributed by atoms with Crippen molar-refractivity contribution in [1.82, 2.24) is 19.7 Å². The second kappa shape index (κ2) is 6.72. The number of aromatic nitrogens is 4. The molecule has 0 saturated heterocycles. The monoisotopic (exact) mass is 403 g/mol. The van der Waals surface area contributed by atoms with Crippen LogP contribution in [0.5, 0.6) is 0 Å². The summed E-state index contributed by atoms with van der Waals surface area (Å²) >= 11 is 3.43. The minimum atomic E-state index is -0.328. The number of H-pyrrole nitrogens is 2. The largest absolute Gasteiger partial charge is 0.330 e. The highest BCUT2D eigenvalue weighted by Gasteiger charge is 2.19. The van der Waals surface area contributed by atoms with Crippen molar-refractivity contribution >= 4 is 27.5 Å². The maximum absolute atomic E-state index is 12.5. The molecule has 8 heteroatoms. The predicted octanol–water partition coefficient (Wildman–Crippen LogP) is 3.34. The van der Waals surface area contributed by atoms with Gasteiger partial charge in [-0.15, -0.1) is 0 Å². The zero-order chi connectivity index (χ0) is 18.1. The average Bonchev–Trinajstić information content (AvgIpc) is 3.10. The summed E-state index contributed by atoms with van der Waals surface area (Å²) in [6.45, 7) is 5.86. The molecular weight excluding hydrogens is 386 g/mol. The number of halogens is 1. The van der Waals surface area contributed by atoms with E-state index in [-0.39, 0.29) is 17.5 Å². The predicted molar refractivity (Wildman–Crippen MR) is 99.5 cm³/mol. The number of nitrogens with one attached hydrogen (secondary N) is 3. The van der Waals surface area contributed by atoms with Gasteiger partial charge >= 0.3 is 5.69 Å². The van der Waals surface area contributed by atoms with Crippen molar-refractivity contribution in [3.63, 3.8) is 0 Å². The Balaban J connectivity index is 1.88. The van der Waals surface area contributed by atoms with Gasteiger partial charge in [0.15, 0.2) is 5.69 Å². The van der Waals surface area contributed by atoms with Crippen LogP contribution in [0.1, 0.15) is 41.6 Å². The van der Waals surface area contributed by atoms with Gasteiger partial charge in [0.25, 0.3) is 5.91 Å². The Morgan fingerprint density at radius 1 is 1.36 bits per heavy atom. The molecule has 130 valence electrons. The van der Waals surface area contributed by atoms with Crippen LogP contribution in [0.15, 0.2) is 39.7 Å². The van der Waals surface area contributed by atoms with Crippen LogP contribution in [-0.4, -0.2) is 25.7 Å². The molecule has 0 aliphatic heterocycles. The van der Waals surface area contributed by atoms with Crippen LogP contribution in [0, 0.1) is 6.92 Å². The van der Waals surface area contributed by atoms with Gasteiger partial charge in [-0.1, -0.05) is 19.9 Å². The second-order valence-corrected chi connectivity index (χ2v) is 6.82. The van der Waals surface area contributed by atoms with Crippen LogP contribution in [0.3, 0.4) is 0 Å². The molecule has 0 atom stereocenters. The van der Waals surface area contributed by atoms with Gasteiger partial charge in [0, 0.05) is 17.6 Å². The van der Waals surface area contributed by atoms with E-state index < -0.39 is 0 Å². The standard InChI is InChI=1S/C17H18BrN5O2/c1-9(2)14-13(18)15(22-21-14)16(24)20-11-5-4-6-12(7-11)23-10(3)8-19-17(23)25/h4-9H,1-3H3,(H,19,25)(H,20,24)(H,21,22). The van der Waals surface area contributed by atoms with Crippen molar-refractivity contribution in [3.05, 3.63) is 62.5 Å². The van der Waals surface area contributed by atoms with E-state index in [1.54, 1.807) is 30.5 Å².